The van der Waals surface area contributed by atoms with Crippen LogP contribution >= 0.6 is 0 Å². The predicted molar refractivity (Wildman–Crippen MR) is 81.1 cm³/mol. The summed E-state index contributed by atoms with van der Waals surface area (Å²) >= 11 is 0. The number of nitrogens with zero attached hydrogens (tertiary/aromatic N) is 4. The molecule has 0 unspecified atom stereocenters. The Labute approximate surface area is 119 Å². The van der Waals surface area contributed by atoms with Crippen molar-refractivity contribution in [3.05, 3.63) is 45.8 Å². The van der Waals surface area contributed by atoms with Gasteiger partial charge in [-0.25, -0.2) is 0 Å². The van der Waals surface area contributed by atoms with E-state index in [1.54, 1.807) is 24.3 Å². The van der Waals surface area contributed by atoms with Gasteiger partial charge in [-0.3, -0.25) is 9.71 Å². The Bertz CT molecular complexity index is 421. The highest BCUT2D eigenvalue weighted by molar-refractivity contribution is 5.94. The summed E-state index contributed by atoms with van der Waals surface area (Å²) in [6.07, 6.45) is 0. The number of amides is 1. The van der Waals surface area contributed by atoms with Gasteiger partial charge in [-0.1, -0.05) is 13.8 Å². The molecule has 3 N–H and O–H groups in total. The normalized spacial score (nSPS) is 9.35. The zero-order valence-electron chi connectivity index (χ0n) is 11.9. The van der Waals surface area contributed by atoms with Gasteiger partial charge in [0, 0.05) is 24.3 Å². The first-order valence-corrected chi connectivity index (χ1v) is 6.43. The molecule has 0 aromatic heterocycles. The number of nitrogens with one attached hydrogen (secondary N) is 1. The topological polar surface area (TPSA) is 117 Å². The van der Waals surface area contributed by atoms with Gasteiger partial charge < -0.3 is 27.0 Å². The van der Waals surface area contributed by atoms with Gasteiger partial charge >= 0.3 is 0 Å². The van der Waals surface area contributed by atoms with Gasteiger partial charge in [-0.2, -0.15) is 0 Å². The number of carbonyl (C=O) groups is 1. The van der Waals surface area contributed by atoms with Crippen LogP contribution in [-0.4, -0.2) is 37.0 Å². The lowest BCUT2D eigenvalue weighted by Crippen LogP contribution is -2.34. The van der Waals surface area contributed by atoms with Crippen LogP contribution < -0.4 is 11.1 Å². The van der Waals surface area contributed by atoms with Crippen molar-refractivity contribution in [2.45, 2.75) is 13.8 Å². The SMILES string of the molecule is CCN(CC)CCNC(=O)c1ccc(N)cc1.[N-]=[N+]=[N-]. The lowest BCUT2D eigenvalue weighted by molar-refractivity contribution is 0.0949. The molecule has 0 heterocycles. The van der Waals surface area contributed by atoms with Gasteiger partial charge in [0.2, 0.25) is 0 Å². The molecule has 1 aromatic carbocycles. The van der Waals surface area contributed by atoms with E-state index in [1.807, 2.05) is 0 Å². The van der Waals surface area contributed by atoms with E-state index in [0.29, 0.717) is 17.8 Å². The number of rotatable bonds is 6. The van der Waals surface area contributed by atoms with E-state index < -0.39 is 0 Å². The molecule has 0 aliphatic carbocycles. The van der Waals surface area contributed by atoms with Crippen molar-refractivity contribution >= 4 is 11.6 Å². The molecule has 7 nitrogen and oxygen atoms in total. The molecular formula is C13H21N6O-. The Morgan fingerprint density at radius 3 is 2.20 bits per heavy atom. The van der Waals surface area contributed by atoms with Crippen molar-refractivity contribution in [3.8, 4) is 0 Å². The monoisotopic (exact) mass is 277 g/mol. The molecule has 110 valence electrons. The molecule has 0 fully saturated rings. The molecule has 1 rings (SSSR count). The molecule has 0 aliphatic heterocycles. The summed E-state index contributed by atoms with van der Waals surface area (Å²) in [6.45, 7) is 7.80. The van der Waals surface area contributed by atoms with E-state index in [-0.39, 0.29) is 5.91 Å². The minimum atomic E-state index is -0.0443. The van der Waals surface area contributed by atoms with Crippen LogP contribution in [0, 0.1) is 0 Å². The Hall–Kier alpha value is -2.24. The van der Waals surface area contributed by atoms with Crippen molar-refractivity contribution in [2.24, 2.45) is 0 Å². The van der Waals surface area contributed by atoms with Crippen LogP contribution in [-0.2, 0) is 0 Å². The van der Waals surface area contributed by atoms with Gasteiger partial charge in [0.25, 0.3) is 5.91 Å². The number of carbonyl (C=O) groups excluding carboxylic acids is 1. The lowest BCUT2D eigenvalue weighted by Gasteiger charge is -2.17. The second-order valence-corrected chi connectivity index (χ2v) is 3.99. The fraction of sp³-hybridized carbons (Fsp3) is 0.462. The van der Waals surface area contributed by atoms with Crippen molar-refractivity contribution in [1.29, 1.82) is 0 Å². The van der Waals surface area contributed by atoms with E-state index in [1.165, 1.54) is 4.91 Å². The summed E-state index contributed by atoms with van der Waals surface area (Å²) in [7, 11) is 0. The lowest BCUT2D eigenvalue weighted by atomic mass is 10.2. The van der Waals surface area contributed by atoms with Crippen molar-refractivity contribution in [2.75, 3.05) is 31.9 Å². The predicted octanol–water partition coefficient (Wildman–Crippen LogP) is 2.21. The highest BCUT2D eigenvalue weighted by Crippen LogP contribution is 2.04. The van der Waals surface area contributed by atoms with E-state index in [0.717, 1.165) is 19.6 Å². The van der Waals surface area contributed by atoms with E-state index in [9.17, 15) is 4.79 Å². The van der Waals surface area contributed by atoms with Crippen LogP contribution in [0.25, 0.3) is 16.0 Å². The van der Waals surface area contributed by atoms with E-state index in [2.05, 4.69) is 24.1 Å². The average Bonchev–Trinajstić information content (AvgIpc) is 2.45. The minimum absolute atomic E-state index is 0.0443. The maximum atomic E-state index is 11.7. The minimum Gasteiger partial charge on any atom is -0.399 e. The van der Waals surface area contributed by atoms with Gasteiger partial charge in [0.1, 0.15) is 0 Å². The van der Waals surface area contributed by atoms with Gasteiger partial charge in [0.15, 0.2) is 0 Å². The molecule has 7 heteroatoms. The van der Waals surface area contributed by atoms with Gasteiger partial charge in [0.05, 0.1) is 0 Å². The fourth-order valence-electron chi connectivity index (χ4n) is 1.60. The van der Waals surface area contributed by atoms with Crippen LogP contribution in [0.2, 0.25) is 0 Å². The quantitative estimate of drug-likeness (QED) is 0.359. The Balaban J connectivity index is 0.00000110. The molecule has 0 aliphatic rings. The standard InChI is InChI=1S/C13H21N3O.N3/c1-3-16(4-2)10-9-15-13(17)11-5-7-12(14)8-6-11;1-3-2/h5-8H,3-4,9-10,14H2,1-2H3,(H,15,17);/q;-1. The number of hydrogen-bond acceptors (Lipinski definition) is 3. The smallest absolute Gasteiger partial charge is 0.251 e. The summed E-state index contributed by atoms with van der Waals surface area (Å²) in [4.78, 5) is 15.5. The maximum Gasteiger partial charge on any atom is 0.251 e. The van der Waals surface area contributed by atoms with Crippen LogP contribution in [0.5, 0.6) is 0 Å². The maximum absolute atomic E-state index is 11.7. The Morgan fingerprint density at radius 2 is 1.75 bits per heavy atom. The molecule has 0 spiro atoms. The highest BCUT2D eigenvalue weighted by atomic mass is 16.1. The second kappa shape index (κ2) is 10.7. The van der Waals surface area contributed by atoms with E-state index >= 15 is 0 Å². The number of benzene rings is 1. The molecule has 1 amide bonds. The summed E-state index contributed by atoms with van der Waals surface area (Å²) in [5.41, 5.74) is 20.4. The molecule has 1 aromatic rings. The Morgan fingerprint density at radius 1 is 1.25 bits per heavy atom. The second-order valence-electron chi connectivity index (χ2n) is 3.99. The number of likely N-dealkylation sites (N-methyl/N-ethyl adjacent to an activating group) is 1. The first kappa shape index (κ1) is 17.8. The van der Waals surface area contributed by atoms with Crippen LogP contribution in [0.3, 0.4) is 0 Å². The molecule has 0 bridgehead atoms. The first-order chi connectivity index (χ1) is 9.58. The summed E-state index contributed by atoms with van der Waals surface area (Å²) in [5.74, 6) is -0.0443. The summed E-state index contributed by atoms with van der Waals surface area (Å²) < 4.78 is 0. The molecule has 0 saturated heterocycles. The number of nitrogens with two attached hydrogens (primary N) is 1. The van der Waals surface area contributed by atoms with E-state index in [4.69, 9.17) is 16.8 Å². The van der Waals surface area contributed by atoms with Gasteiger partial charge in [-0.05, 0) is 37.4 Å². The highest BCUT2D eigenvalue weighted by Gasteiger charge is 2.05. The fourth-order valence-corrected chi connectivity index (χ4v) is 1.60. The average molecular weight is 277 g/mol. The van der Waals surface area contributed by atoms with Crippen LogP contribution in [0.4, 0.5) is 5.69 Å². The Kier molecular flexibility index (Phi) is 9.47. The third-order valence-corrected chi connectivity index (χ3v) is 2.78. The van der Waals surface area contributed by atoms with Crippen molar-refractivity contribution in [3.63, 3.8) is 0 Å². The zero-order chi connectivity index (χ0) is 15.4. The zero-order valence-corrected chi connectivity index (χ0v) is 11.9. The number of hydrogen-bond donors (Lipinski definition) is 2. The molecular weight excluding hydrogens is 256 g/mol. The molecule has 0 radical (unpaired) electrons. The number of nitrogen functional groups attached to an aromatic ring is 1. The summed E-state index contributed by atoms with van der Waals surface area (Å²) in [6, 6.07) is 6.95. The number of anilines is 1. The third kappa shape index (κ3) is 7.25. The van der Waals surface area contributed by atoms with Crippen LogP contribution in [0.1, 0.15) is 24.2 Å². The van der Waals surface area contributed by atoms with Crippen molar-refractivity contribution < 1.29 is 4.79 Å². The first-order valence-electron chi connectivity index (χ1n) is 6.43. The van der Waals surface area contributed by atoms with Crippen LogP contribution in [0.15, 0.2) is 24.3 Å². The third-order valence-electron chi connectivity index (χ3n) is 2.78. The van der Waals surface area contributed by atoms with Gasteiger partial charge in [-0.15, -0.1) is 0 Å². The molecule has 20 heavy (non-hydrogen) atoms. The molecule has 0 saturated carbocycles. The largest absolute Gasteiger partial charge is 0.399 e. The van der Waals surface area contributed by atoms with Crippen molar-refractivity contribution in [1.82, 2.24) is 10.2 Å². The summed E-state index contributed by atoms with van der Waals surface area (Å²) in [5, 5.41) is 2.90. The molecule has 0 atom stereocenters.